The van der Waals surface area contributed by atoms with Crippen LogP contribution in [0.1, 0.15) is 12.8 Å². The van der Waals surface area contributed by atoms with Crippen LogP contribution in [0.3, 0.4) is 0 Å². The third-order valence-corrected chi connectivity index (χ3v) is 2.80. The van der Waals surface area contributed by atoms with Crippen LogP contribution in [0.2, 0.25) is 0 Å². The molecule has 1 aliphatic heterocycles. The summed E-state index contributed by atoms with van der Waals surface area (Å²) in [5.41, 5.74) is -0.849. The van der Waals surface area contributed by atoms with Gasteiger partial charge in [0.1, 0.15) is 6.10 Å². The molecule has 1 aromatic carbocycles. The zero-order valence-corrected chi connectivity index (χ0v) is 13.7. The van der Waals surface area contributed by atoms with Gasteiger partial charge in [0.15, 0.2) is 11.6 Å². The van der Waals surface area contributed by atoms with Gasteiger partial charge in [0.2, 0.25) is 0 Å². The summed E-state index contributed by atoms with van der Waals surface area (Å²) in [4.78, 5) is 0. The molecule has 0 saturated carbocycles. The molecule has 2 rings (SSSR count). The third kappa shape index (κ3) is 5.02. The van der Waals surface area contributed by atoms with Crippen molar-refractivity contribution in [2.75, 3.05) is 13.2 Å². The molecule has 1 fully saturated rings. The van der Waals surface area contributed by atoms with Gasteiger partial charge in [-0.2, -0.15) is 0 Å². The van der Waals surface area contributed by atoms with Gasteiger partial charge in [-0.15, -0.1) is 5.46 Å². The Morgan fingerprint density at radius 3 is 2.37 bits per heavy atom. The van der Waals surface area contributed by atoms with E-state index in [1.54, 1.807) is 0 Å². The predicted octanol–water partition coefficient (Wildman–Crippen LogP) is -0.558. The Kier molecular flexibility index (Phi) is 6.82. The minimum absolute atomic E-state index is 0. The van der Waals surface area contributed by atoms with Crippen molar-refractivity contribution < 1.29 is 78.2 Å². The van der Waals surface area contributed by atoms with Crippen molar-refractivity contribution in [2.24, 2.45) is 0 Å². The first-order valence-corrected chi connectivity index (χ1v) is 5.70. The van der Waals surface area contributed by atoms with E-state index >= 15 is 0 Å². The summed E-state index contributed by atoms with van der Waals surface area (Å²) in [6.07, 6.45) is 0.825. The van der Waals surface area contributed by atoms with Crippen molar-refractivity contribution in [3.63, 3.8) is 0 Å². The van der Waals surface area contributed by atoms with Crippen molar-refractivity contribution in [1.29, 1.82) is 0 Å². The summed E-state index contributed by atoms with van der Waals surface area (Å²) in [7, 11) is 0. The molecule has 0 amide bonds. The zero-order valence-electron chi connectivity index (χ0n) is 10.5. The van der Waals surface area contributed by atoms with Crippen LogP contribution in [0.4, 0.5) is 17.3 Å². The Bertz CT molecular complexity index is 422. The van der Waals surface area contributed by atoms with Gasteiger partial charge in [0.25, 0.3) is 0 Å². The van der Waals surface area contributed by atoms with Crippen molar-refractivity contribution in [2.45, 2.75) is 18.9 Å². The summed E-state index contributed by atoms with van der Waals surface area (Å²) < 4.78 is 61.4. The number of rotatable bonds is 3. The molecule has 0 spiro atoms. The first-order chi connectivity index (χ1) is 8.47. The van der Waals surface area contributed by atoms with Gasteiger partial charge in [0.05, 0.1) is 13.2 Å². The second kappa shape index (κ2) is 7.42. The molecule has 1 heterocycles. The monoisotopic (exact) mass is 302 g/mol. The van der Waals surface area contributed by atoms with Crippen LogP contribution in [-0.2, 0) is 4.74 Å². The molecule has 0 unspecified atom stereocenters. The predicted molar refractivity (Wildman–Crippen MR) is 59.6 cm³/mol. The Morgan fingerprint density at radius 1 is 1.16 bits per heavy atom. The van der Waals surface area contributed by atoms with Gasteiger partial charge in [-0.1, -0.05) is 6.07 Å². The van der Waals surface area contributed by atoms with E-state index in [-0.39, 0.29) is 63.2 Å². The number of hydrogen-bond acceptors (Lipinski definition) is 2. The minimum Gasteiger partial charge on any atom is -0.487 e. The van der Waals surface area contributed by atoms with E-state index in [0.717, 1.165) is 18.2 Å². The third-order valence-electron chi connectivity index (χ3n) is 2.80. The maximum Gasteiger partial charge on any atom is 1.00 e. The summed E-state index contributed by atoms with van der Waals surface area (Å²) in [6.45, 7) is -4.18. The molecule has 0 N–H and O–H groups in total. The van der Waals surface area contributed by atoms with E-state index in [1.807, 2.05) is 0 Å². The van der Waals surface area contributed by atoms with Crippen molar-refractivity contribution in [3.8, 4) is 5.75 Å². The summed E-state index contributed by atoms with van der Waals surface area (Å²) in [5.74, 6) is -1.11. The van der Waals surface area contributed by atoms with Crippen LogP contribution in [-0.4, -0.2) is 26.3 Å². The second-order valence-electron chi connectivity index (χ2n) is 4.19. The molecule has 1 saturated heterocycles. The van der Waals surface area contributed by atoms with Gasteiger partial charge < -0.3 is 22.4 Å². The number of ether oxygens (including phenoxy) is 2. The maximum atomic E-state index is 13.4. The van der Waals surface area contributed by atoms with Crippen LogP contribution >= 0.6 is 0 Å². The standard InChI is InChI=1S/C11H12BF4O2.K/c13-10-2-1-8(12(14,15)16)7-11(10)18-9-3-5-17-6-4-9;/h1-2,7,9H,3-6H2;/q-1;+1. The maximum absolute atomic E-state index is 13.4. The van der Waals surface area contributed by atoms with Crippen LogP contribution < -0.4 is 61.6 Å². The molecule has 1 aromatic rings. The Morgan fingerprint density at radius 2 is 1.79 bits per heavy atom. The molecule has 100 valence electrons. The Balaban J connectivity index is 0.00000180. The molecule has 8 heteroatoms. The Hall–Kier alpha value is 0.401. The quantitative estimate of drug-likeness (QED) is 0.551. The van der Waals surface area contributed by atoms with E-state index in [4.69, 9.17) is 9.47 Å². The molecule has 0 aromatic heterocycles. The van der Waals surface area contributed by atoms with Gasteiger partial charge in [-0.25, -0.2) is 4.39 Å². The summed E-state index contributed by atoms with van der Waals surface area (Å²) >= 11 is 0. The number of benzene rings is 1. The fourth-order valence-corrected chi connectivity index (χ4v) is 1.79. The topological polar surface area (TPSA) is 18.5 Å². The smallest absolute Gasteiger partial charge is 0.487 e. The molecule has 0 aliphatic carbocycles. The normalized spacial score (nSPS) is 16.8. The molecule has 0 radical (unpaired) electrons. The largest absolute Gasteiger partial charge is 1.00 e. The van der Waals surface area contributed by atoms with Crippen LogP contribution in [0.5, 0.6) is 5.75 Å². The van der Waals surface area contributed by atoms with Crippen molar-refractivity contribution in [3.05, 3.63) is 24.0 Å². The fraction of sp³-hybridized carbons (Fsp3) is 0.455. The first-order valence-electron chi connectivity index (χ1n) is 5.70. The molecule has 19 heavy (non-hydrogen) atoms. The van der Waals surface area contributed by atoms with Gasteiger partial charge in [-0.3, -0.25) is 0 Å². The van der Waals surface area contributed by atoms with Crippen LogP contribution in [0, 0.1) is 5.82 Å². The molecule has 1 aliphatic rings. The average molecular weight is 302 g/mol. The van der Waals surface area contributed by atoms with E-state index in [1.165, 1.54) is 0 Å². The number of halogens is 4. The van der Waals surface area contributed by atoms with E-state index < -0.39 is 18.3 Å². The second-order valence-corrected chi connectivity index (χ2v) is 4.19. The van der Waals surface area contributed by atoms with Gasteiger partial charge >= 0.3 is 58.4 Å². The van der Waals surface area contributed by atoms with E-state index in [2.05, 4.69) is 0 Å². The van der Waals surface area contributed by atoms with Gasteiger partial charge in [-0.05, 0) is 12.1 Å². The molecular weight excluding hydrogens is 290 g/mol. The summed E-state index contributed by atoms with van der Waals surface area (Å²) in [5, 5.41) is 0. The number of hydrogen-bond donors (Lipinski definition) is 0. The van der Waals surface area contributed by atoms with Crippen LogP contribution in [0.15, 0.2) is 18.2 Å². The van der Waals surface area contributed by atoms with Crippen LogP contribution in [0.25, 0.3) is 0 Å². The average Bonchev–Trinajstić information content (AvgIpc) is 2.32. The fourth-order valence-electron chi connectivity index (χ4n) is 1.79. The van der Waals surface area contributed by atoms with E-state index in [9.17, 15) is 17.3 Å². The first kappa shape index (κ1) is 17.5. The molecule has 0 atom stereocenters. The zero-order chi connectivity index (χ0) is 13.2. The molecular formula is C11H12BF4KO2. The van der Waals surface area contributed by atoms with Crippen molar-refractivity contribution in [1.82, 2.24) is 0 Å². The molecule has 0 bridgehead atoms. The summed E-state index contributed by atoms with van der Waals surface area (Å²) in [6, 6.07) is 2.25. The van der Waals surface area contributed by atoms with Gasteiger partial charge in [0, 0.05) is 12.8 Å². The Labute approximate surface area is 151 Å². The molecule has 2 nitrogen and oxygen atoms in total. The SMILES string of the molecule is Fc1ccc([B-](F)(F)F)cc1OC1CCOCC1.[K+]. The van der Waals surface area contributed by atoms with Crippen molar-refractivity contribution >= 4 is 12.4 Å². The van der Waals surface area contributed by atoms with E-state index in [0.29, 0.717) is 26.1 Å². The minimum atomic E-state index is -5.14.